The molecule has 0 unspecified atom stereocenters. The summed E-state index contributed by atoms with van der Waals surface area (Å²) < 4.78 is 27.8. The molecule has 0 radical (unpaired) electrons. The molecule has 1 N–H and O–H groups in total. The zero-order valence-corrected chi connectivity index (χ0v) is 19.7. The van der Waals surface area contributed by atoms with E-state index < -0.39 is 15.9 Å². The summed E-state index contributed by atoms with van der Waals surface area (Å²) in [6, 6.07) is 21.8. The van der Waals surface area contributed by atoms with Crippen molar-refractivity contribution >= 4 is 33.2 Å². The SMILES string of the molecule is CCN(c1ccccc1)S(=O)(=O)c1cccc(C(=O)Nc2ccc(CC(=O)N(C)C)cc2)c1. The summed E-state index contributed by atoms with van der Waals surface area (Å²) in [7, 11) is -0.441. The van der Waals surface area contributed by atoms with Crippen LogP contribution in [0.1, 0.15) is 22.8 Å². The van der Waals surface area contributed by atoms with Crippen molar-refractivity contribution in [2.75, 3.05) is 30.3 Å². The highest BCUT2D eigenvalue weighted by Gasteiger charge is 2.24. The molecule has 3 rings (SSSR count). The van der Waals surface area contributed by atoms with Gasteiger partial charge in [0.15, 0.2) is 0 Å². The van der Waals surface area contributed by atoms with E-state index in [0.29, 0.717) is 11.4 Å². The summed E-state index contributed by atoms with van der Waals surface area (Å²) in [6.45, 7) is 2.02. The van der Waals surface area contributed by atoms with Crippen molar-refractivity contribution in [2.45, 2.75) is 18.2 Å². The Bertz CT molecular complexity index is 1220. The molecule has 33 heavy (non-hydrogen) atoms. The Kier molecular flexibility index (Phi) is 7.50. The molecule has 0 aliphatic rings. The van der Waals surface area contributed by atoms with Crippen LogP contribution < -0.4 is 9.62 Å². The highest BCUT2D eigenvalue weighted by Crippen LogP contribution is 2.24. The molecule has 0 bridgehead atoms. The lowest BCUT2D eigenvalue weighted by Gasteiger charge is -2.23. The standard InChI is InChI=1S/C25H27N3O4S/c1-4-28(22-10-6-5-7-11-22)33(31,32)23-12-8-9-20(18-23)25(30)26-21-15-13-19(14-16-21)17-24(29)27(2)3/h5-16,18H,4,17H2,1-3H3,(H,26,30). The summed E-state index contributed by atoms with van der Waals surface area (Å²) in [5, 5.41) is 2.77. The number of nitrogens with one attached hydrogen (secondary N) is 1. The molecule has 0 atom stereocenters. The fourth-order valence-corrected chi connectivity index (χ4v) is 4.77. The van der Waals surface area contributed by atoms with Crippen molar-refractivity contribution in [3.8, 4) is 0 Å². The van der Waals surface area contributed by atoms with Crippen LogP contribution in [0.15, 0.2) is 83.8 Å². The number of hydrogen-bond acceptors (Lipinski definition) is 4. The Morgan fingerprint density at radius 2 is 1.55 bits per heavy atom. The highest BCUT2D eigenvalue weighted by molar-refractivity contribution is 7.92. The average Bonchev–Trinajstić information content (AvgIpc) is 2.81. The van der Waals surface area contributed by atoms with Crippen molar-refractivity contribution in [1.29, 1.82) is 0 Å². The van der Waals surface area contributed by atoms with Crippen molar-refractivity contribution in [1.82, 2.24) is 4.90 Å². The molecule has 8 heteroatoms. The molecule has 0 saturated heterocycles. The first-order valence-corrected chi connectivity index (χ1v) is 11.9. The normalized spacial score (nSPS) is 11.0. The second-order valence-electron chi connectivity index (χ2n) is 7.65. The smallest absolute Gasteiger partial charge is 0.264 e. The van der Waals surface area contributed by atoms with E-state index in [4.69, 9.17) is 0 Å². The quantitative estimate of drug-likeness (QED) is 0.548. The van der Waals surface area contributed by atoms with Crippen LogP contribution in [0.25, 0.3) is 0 Å². The largest absolute Gasteiger partial charge is 0.349 e. The Morgan fingerprint density at radius 3 is 2.15 bits per heavy atom. The maximum Gasteiger partial charge on any atom is 0.264 e. The molecule has 2 amide bonds. The summed E-state index contributed by atoms with van der Waals surface area (Å²) in [5.74, 6) is -0.437. The van der Waals surface area contributed by atoms with E-state index in [1.54, 1.807) is 81.7 Å². The first kappa shape index (κ1) is 24.0. The second-order valence-corrected chi connectivity index (χ2v) is 9.51. The van der Waals surface area contributed by atoms with Gasteiger partial charge in [-0.05, 0) is 55.0 Å². The zero-order valence-electron chi connectivity index (χ0n) is 18.9. The lowest BCUT2D eigenvalue weighted by atomic mass is 10.1. The van der Waals surface area contributed by atoms with Crippen LogP contribution in [0, 0.1) is 0 Å². The Labute approximate surface area is 194 Å². The predicted molar refractivity (Wildman–Crippen MR) is 130 cm³/mol. The van der Waals surface area contributed by atoms with Crippen molar-refractivity contribution in [3.63, 3.8) is 0 Å². The van der Waals surface area contributed by atoms with E-state index >= 15 is 0 Å². The first-order valence-electron chi connectivity index (χ1n) is 10.5. The second kappa shape index (κ2) is 10.3. The van der Waals surface area contributed by atoms with Gasteiger partial charge in [0.2, 0.25) is 5.91 Å². The topological polar surface area (TPSA) is 86.8 Å². The average molecular weight is 466 g/mol. The molecule has 0 heterocycles. The minimum atomic E-state index is -3.84. The maximum absolute atomic E-state index is 13.2. The molecule has 3 aromatic rings. The van der Waals surface area contributed by atoms with Crippen LogP contribution in [-0.4, -0.2) is 45.8 Å². The van der Waals surface area contributed by atoms with Crippen LogP contribution in [0.5, 0.6) is 0 Å². The van der Waals surface area contributed by atoms with E-state index in [1.807, 2.05) is 6.07 Å². The third-order valence-corrected chi connectivity index (χ3v) is 6.98. The number of carbonyl (C=O) groups excluding carboxylic acids is 2. The van der Waals surface area contributed by atoms with E-state index in [0.717, 1.165) is 5.56 Å². The molecule has 172 valence electrons. The van der Waals surface area contributed by atoms with Gasteiger partial charge in [-0.15, -0.1) is 0 Å². The first-order chi connectivity index (χ1) is 15.7. The number of sulfonamides is 1. The van der Waals surface area contributed by atoms with Crippen LogP contribution >= 0.6 is 0 Å². The lowest BCUT2D eigenvalue weighted by molar-refractivity contribution is -0.127. The minimum absolute atomic E-state index is 0.0126. The molecule has 0 aromatic heterocycles. The third kappa shape index (κ3) is 5.78. The number of benzene rings is 3. The highest BCUT2D eigenvalue weighted by atomic mass is 32.2. The van der Waals surface area contributed by atoms with E-state index in [2.05, 4.69) is 5.32 Å². The summed E-state index contributed by atoms with van der Waals surface area (Å²) >= 11 is 0. The third-order valence-electron chi connectivity index (χ3n) is 5.08. The predicted octanol–water partition coefficient (Wildman–Crippen LogP) is 3.78. The fraction of sp³-hybridized carbons (Fsp3) is 0.200. The van der Waals surface area contributed by atoms with Gasteiger partial charge < -0.3 is 10.2 Å². The molecule has 3 aromatic carbocycles. The van der Waals surface area contributed by atoms with Gasteiger partial charge in [-0.25, -0.2) is 8.42 Å². The number of amides is 2. The van der Waals surface area contributed by atoms with Crippen LogP contribution in [0.3, 0.4) is 0 Å². The van der Waals surface area contributed by atoms with E-state index in [-0.39, 0.29) is 29.3 Å². The Hall–Kier alpha value is -3.65. The van der Waals surface area contributed by atoms with Crippen molar-refractivity contribution in [2.24, 2.45) is 0 Å². The van der Waals surface area contributed by atoms with E-state index in [9.17, 15) is 18.0 Å². The number of carbonyl (C=O) groups is 2. The van der Waals surface area contributed by atoms with Crippen molar-refractivity contribution < 1.29 is 18.0 Å². The summed E-state index contributed by atoms with van der Waals surface area (Å²) in [5.41, 5.74) is 2.17. The number of nitrogens with zero attached hydrogens (tertiary/aromatic N) is 2. The minimum Gasteiger partial charge on any atom is -0.349 e. The molecule has 7 nitrogen and oxygen atoms in total. The Morgan fingerprint density at radius 1 is 0.879 bits per heavy atom. The summed E-state index contributed by atoms with van der Waals surface area (Å²) in [4.78, 5) is 26.2. The van der Waals surface area contributed by atoms with Crippen LogP contribution in [0.2, 0.25) is 0 Å². The van der Waals surface area contributed by atoms with Gasteiger partial charge in [0.05, 0.1) is 17.0 Å². The number of likely N-dealkylation sites (N-methyl/N-ethyl adjacent to an activating group) is 1. The number of para-hydroxylation sites is 1. The molecule has 0 aliphatic carbocycles. The zero-order chi connectivity index (χ0) is 24.0. The van der Waals surface area contributed by atoms with Gasteiger partial charge in [0, 0.05) is 31.9 Å². The molecular formula is C25H27N3O4S. The van der Waals surface area contributed by atoms with Gasteiger partial charge in [-0.1, -0.05) is 36.4 Å². The number of anilines is 2. The van der Waals surface area contributed by atoms with E-state index in [1.165, 1.54) is 21.3 Å². The molecule has 0 saturated carbocycles. The maximum atomic E-state index is 13.2. The van der Waals surface area contributed by atoms with Gasteiger partial charge >= 0.3 is 0 Å². The molecular weight excluding hydrogens is 438 g/mol. The van der Waals surface area contributed by atoms with Crippen LogP contribution in [-0.2, 0) is 21.2 Å². The molecule has 0 spiro atoms. The fourth-order valence-electron chi connectivity index (χ4n) is 3.25. The lowest BCUT2D eigenvalue weighted by Crippen LogP contribution is -2.30. The number of rotatable bonds is 8. The molecule has 0 fully saturated rings. The Balaban J connectivity index is 1.77. The number of hydrogen-bond donors (Lipinski definition) is 1. The monoisotopic (exact) mass is 465 g/mol. The van der Waals surface area contributed by atoms with Crippen LogP contribution in [0.4, 0.5) is 11.4 Å². The molecule has 0 aliphatic heterocycles. The van der Waals surface area contributed by atoms with Crippen molar-refractivity contribution in [3.05, 3.63) is 90.0 Å². The summed E-state index contributed by atoms with van der Waals surface area (Å²) in [6.07, 6.45) is 0.274. The van der Waals surface area contributed by atoms with Gasteiger partial charge in [0.1, 0.15) is 0 Å². The van der Waals surface area contributed by atoms with Gasteiger partial charge in [-0.2, -0.15) is 0 Å². The van der Waals surface area contributed by atoms with Gasteiger partial charge in [-0.3, -0.25) is 13.9 Å². The van der Waals surface area contributed by atoms with Gasteiger partial charge in [0.25, 0.3) is 15.9 Å².